The standard InChI is InChI=1S/C20H24FN3/c1-16-7-5-6-12-24(16)15-18-11-10-17(13-20(18)21)14-22-23-19-8-3-2-4-9-19/h2-4,8-11,13-14,16,23H,5-7,12,15H2,1H3. The van der Waals surface area contributed by atoms with Gasteiger partial charge in [-0.2, -0.15) is 5.10 Å². The van der Waals surface area contributed by atoms with Gasteiger partial charge in [-0.25, -0.2) is 4.39 Å². The number of para-hydroxylation sites is 1. The van der Waals surface area contributed by atoms with E-state index >= 15 is 0 Å². The first-order valence-electron chi connectivity index (χ1n) is 8.59. The summed E-state index contributed by atoms with van der Waals surface area (Å²) in [5.74, 6) is -0.156. The number of hydrazone groups is 1. The zero-order chi connectivity index (χ0) is 16.8. The highest BCUT2D eigenvalue weighted by Crippen LogP contribution is 2.20. The number of anilines is 1. The summed E-state index contributed by atoms with van der Waals surface area (Å²) in [6, 6.07) is 15.6. The fraction of sp³-hybridized carbons (Fsp3) is 0.350. The lowest BCUT2D eigenvalue weighted by Gasteiger charge is -2.33. The van der Waals surface area contributed by atoms with Crippen molar-refractivity contribution in [2.45, 2.75) is 38.8 Å². The van der Waals surface area contributed by atoms with Gasteiger partial charge in [0.15, 0.2) is 0 Å². The average molecular weight is 325 g/mol. The molecule has 0 aromatic heterocycles. The molecule has 0 aliphatic carbocycles. The molecule has 3 nitrogen and oxygen atoms in total. The minimum Gasteiger partial charge on any atom is -0.296 e. The first kappa shape index (κ1) is 16.7. The molecule has 4 heteroatoms. The summed E-state index contributed by atoms with van der Waals surface area (Å²) in [4.78, 5) is 2.37. The molecule has 126 valence electrons. The van der Waals surface area contributed by atoms with Crippen molar-refractivity contribution in [2.75, 3.05) is 12.0 Å². The number of benzene rings is 2. The summed E-state index contributed by atoms with van der Waals surface area (Å²) in [5, 5.41) is 4.16. The fourth-order valence-electron chi connectivity index (χ4n) is 3.08. The molecule has 1 N–H and O–H groups in total. The maximum absolute atomic E-state index is 14.4. The highest BCUT2D eigenvalue weighted by atomic mass is 19.1. The minimum atomic E-state index is -0.156. The Morgan fingerprint density at radius 2 is 2.04 bits per heavy atom. The first-order valence-corrected chi connectivity index (χ1v) is 8.59. The van der Waals surface area contributed by atoms with Crippen molar-refractivity contribution in [3.63, 3.8) is 0 Å². The van der Waals surface area contributed by atoms with E-state index in [0.717, 1.165) is 23.4 Å². The number of nitrogens with zero attached hydrogens (tertiary/aromatic N) is 2. The number of rotatable bonds is 5. The molecule has 1 aliphatic heterocycles. The molecular weight excluding hydrogens is 301 g/mol. The summed E-state index contributed by atoms with van der Waals surface area (Å²) < 4.78 is 14.4. The highest BCUT2D eigenvalue weighted by molar-refractivity contribution is 5.80. The summed E-state index contributed by atoms with van der Waals surface area (Å²) >= 11 is 0. The van der Waals surface area contributed by atoms with E-state index in [9.17, 15) is 4.39 Å². The second kappa shape index (κ2) is 8.06. The molecule has 0 radical (unpaired) electrons. The molecule has 0 bridgehead atoms. The van der Waals surface area contributed by atoms with Crippen LogP contribution in [0.4, 0.5) is 10.1 Å². The lowest BCUT2D eigenvalue weighted by Crippen LogP contribution is -2.36. The Morgan fingerprint density at radius 3 is 2.79 bits per heavy atom. The van der Waals surface area contributed by atoms with E-state index in [-0.39, 0.29) is 5.82 Å². The molecule has 1 aliphatic rings. The average Bonchev–Trinajstić information content (AvgIpc) is 2.60. The van der Waals surface area contributed by atoms with Gasteiger partial charge >= 0.3 is 0 Å². The summed E-state index contributed by atoms with van der Waals surface area (Å²) in [6.07, 6.45) is 5.34. The minimum absolute atomic E-state index is 0.156. The third-order valence-corrected chi connectivity index (χ3v) is 4.57. The second-order valence-corrected chi connectivity index (χ2v) is 6.40. The van der Waals surface area contributed by atoms with Crippen LogP contribution >= 0.6 is 0 Å². The van der Waals surface area contributed by atoms with Gasteiger partial charge in [-0.05, 0) is 50.1 Å². The predicted molar refractivity (Wildman–Crippen MR) is 97.8 cm³/mol. The summed E-state index contributed by atoms with van der Waals surface area (Å²) in [6.45, 7) is 3.98. The Hall–Kier alpha value is -2.20. The number of halogens is 1. The van der Waals surface area contributed by atoms with Crippen LogP contribution in [0.3, 0.4) is 0 Å². The smallest absolute Gasteiger partial charge is 0.128 e. The van der Waals surface area contributed by atoms with E-state index in [1.165, 1.54) is 19.3 Å². The zero-order valence-electron chi connectivity index (χ0n) is 14.1. The Morgan fingerprint density at radius 1 is 1.21 bits per heavy atom. The van der Waals surface area contributed by atoms with Crippen LogP contribution in [-0.2, 0) is 6.54 Å². The van der Waals surface area contributed by atoms with Crippen LogP contribution < -0.4 is 5.43 Å². The number of hydrogen-bond donors (Lipinski definition) is 1. The molecule has 0 saturated carbocycles. The van der Waals surface area contributed by atoms with Crippen LogP contribution in [0.15, 0.2) is 53.6 Å². The van der Waals surface area contributed by atoms with Crippen LogP contribution in [0.2, 0.25) is 0 Å². The maximum Gasteiger partial charge on any atom is 0.128 e. The normalized spacial score (nSPS) is 18.8. The third kappa shape index (κ3) is 4.42. The molecule has 1 saturated heterocycles. The van der Waals surface area contributed by atoms with Crippen LogP contribution in [0.5, 0.6) is 0 Å². The summed E-state index contributed by atoms with van der Waals surface area (Å²) in [5.41, 5.74) is 5.36. The molecular formula is C20H24FN3. The van der Waals surface area contributed by atoms with E-state index in [2.05, 4.69) is 22.4 Å². The van der Waals surface area contributed by atoms with Gasteiger partial charge in [-0.1, -0.05) is 36.8 Å². The van der Waals surface area contributed by atoms with Crippen LogP contribution in [0.25, 0.3) is 0 Å². The largest absolute Gasteiger partial charge is 0.296 e. The monoisotopic (exact) mass is 325 g/mol. The van der Waals surface area contributed by atoms with E-state index in [1.807, 2.05) is 42.5 Å². The van der Waals surface area contributed by atoms with Crippen LogP contribution in [0, 0.1) is 5.82 Å². The van der Waals surface area contributed by atoms with Gasteiger partial charge in [0, 0.05) is 18.2 Å². The quantitative estimate of drug-likeness (QED) is 0.640. The lowest BCUT2D eigenvalue weighted by atomic mass is 10.0. The van der Waals surface area contributed by atoms with Gasteiger partial charge in [0.1, 0.15) is 5.82 Å². The van der Waals surface area contributed by atoms with Crippen molar-refractivity contribution in [1.82, 2.24) is 4.90 Å². The van der Waals surface area contributed by atoms with Gasteiger partial charge in [0.2, 0.25) is 0 Å². The third-order valence-electron chi connectivity index (χ3n) is 4.57. The van der Waals surface area contributed by atoms with Crippen molar-refractivity contribution in [2.24, 2.45) is 5.10 Å². The molecule has 2 aromatic carbocycles. The predicted octanol–water partition coefficient (Wildman–Crippen LogP) is 4.65. The number of nitrogens with one attached hydrogen (secondary N) is 1. The van der Waals surface area contributed by atoms with Crippen LogP contribution in [0.1, 0.15) is 37.3 Å². The van der Waals surface area contributed by atoms with Crippen molar-refractivity contribution in [3.8, 4) is 0 Å². The number of piperidine rings is 1. The first-order chi connectivity index (χ1) is 11.7. The fourth-order valence-corrected chi connectivity index (χ4v) is 3.08. The topological polar surface area (TPSA) is 27.6 Å². The molecule has 0 spiro atoms. The van der Waals surface area contributed by atoms with Crippen LogP contribution in [-0.4, -0.2) is 23.7 Å². The van der Waals surface area contributed by atoms with Crippen molar-refractivity contribution >= 4 is 11.9 Å². The Kier molecular flexibility index (Phi) is 5.59. The van der Waals surface area contributed by atoms with Gasteiger partial charge in [-0.3, -0.25) is 10.3 Å². The zero-order valence-corrected chi connectivity index (χ0v) is 14.1. The second-order valence-electron chi connectivity index (χ2n) is 6.40. The molecule has 1 heterocycles. The van der Waals surface area contributed by atoms with E-state index in [1.54, 1.807) is 12.3 Å². The maximum atomic E-state index is 14.4. The lowest BCUT2D eigenvalue weighted by molar-refractivity contribution is 0.151. The van der Waals surface area contributed by atoms with E-state index in [0.29, 0.717) is 12.6 Å². The molecule has 3 rings (SSSR count). The van der Waals surface area contributed by atoms with Gasteiger partial charge in [0.05, 0.1) is 11.9 Å². The Balaban J connectivity index is 1.61. The Bertz CT molecular complexity index is 685. The highest BCUT2D eigenvalue weighted by Gasteiger charge is 2.19. The number of hydrogen-bond acceptors (Lipinski definition) is 3. The molecule has 0 amide bonds. The summed E-state index contributed by atoms with van der Waals surface area (Å²) in [7, 11) is 0. The van der Waals surface area contributed by atoms with E-state index < -0.39 is 0 Å². The molecule has 24 heavy (non-hydrogen) atoms. The molecule has 1 atom stereocenters. The van der Waals surface area contributed by atoms with Gasteiger partial charge < -0.3 is 0 Å². The molecule has 2 aromatic rings. The van der Waals surface area contributed by atoms with Gasteiger partial charge in [-0.15, -0.1) is 0 Å². The molecule has 1 fully saturated rings. The SMILES string of the molecule is CC1CCCCN1Cc1ccc(C=NNc2ccccc2)cc1F. The Labute approximate surface area is 143 Å². The molecule has 1 unspecified atom stereocenters. The van der Waals surface area contributed by atoms with Crippen molar-refractivity contribution in [1.29, 1.82) is 0 Å². The van der Waals surface area contributed by atoms with E-state index in [4.69, 9.17) is 0 Å². The van der Waals surface area contributed by atoms with Crippen molar-refractivity contribution in [3.05, 3.63) is 65.5 Å². The van der Waals surface area contributed by atoms with Gasteiger partial charge in [0.25, 0.3) is 0 Å². The van der Waals surface area contributed by atoms with Crippen molar-refractivity contribution < 1.29 is 4.39 Å². The number of likely N-dealkylation sites (tertiary alicyclic amines) is 1.